The van der Waals surface area contributed by atoms with Crippen LogP contribution in [0.15, 0.2) is 58.3 Å². The third-order valence-electron chi connectivity index (χ3n) is 2.65. The summed E-state index contributed by atoms with van der Waals surface area (Å²) >= 11 is 0. The second-order valence-electron chi connectivity index (χ2n) is 3.92. The second-order valence-corrected chi connectivity index (χ2v) is 3.92. The van der Waals surface area contributed by atoms with Gasteiger partial charge in [0.05, 0.1) is 0 Å². The number of rotatable bonds is 4. The van der Waals surface area contributed by atoms with Gasteiger partial charge in [-0.25, -0.2) is 0 Å². The van der Waals surface area contributed by atoms with Gasteiger partial charge in [-0.1, -0.05) is 0 Å². The Morgan fingerprint density at radius 3 is 1.78 bits per heavy atom. The fourth-order valence-corrected chi connectivity index (χ4v) is 1.72. The Morgan fingerprint density at radius 2 is 1.33 bits per heavy atom. The normalized spacial score (nSPS) is 10.2. The standard InChI is InChI=1S/C13H10B3N2/c14-16-18-13-7-3-11(4-8-13)9-10-1-5-12(17-15)6-2-10/h1-8H,9H2. The van der Waals surface area contributed by atoms with Crippen LogP contribution in [0.2, 0.25) is 0 Å². The summed E-state index contributed by atoms with van der Waals surface area (Å²) in [6.45, 7) is 1.30. The van der Waals surface area contributed by atoms with Crippen LogP contribution in [0.3, 0.4) is 0 Å². The van der Waals surface area contributed by atoms with Crippen LogP contribution in [0.25, 0.3) is 0 Å². The zero-order valence-corrected chi connectivity index (χ0v) is 9.95. The molecule has 0 saturated heterocycles. The Morgan fingerprint density at radius 1 is 0.833 bits per heavy atom. The molecule has 18 heavy (non-hydrogen) atoms. The summed E-state index contributed by atoms with van der Waals surface area (Å²) in [4.78, 5) is 7.63. The minimum absolute atomic E-state index is 0.784. The molecule has 2 aromatic carbocycles. The van der Waals surface area contributed by atoms with Crippen LogP contribution in [0.4, 0.5) is 11.4 Å². The quantitative estimate of drug-likeness (QED) is 0.717. The van der Waals surface area contributed by atoms with E-state index in [0.717, 1.165) is 17.8 Å². The molecular formula is C13H10B3N2. The molecule has 0 saturated carbocycles. The second kappa shape index (κ2) is 6.24. The number of hydrogen-bond donors (Lipinski definition) is 0. The molecule has 0 aliphatic carbocycles. The molecule has 5 heteroatoms. The molecular weight excluding hydrogens is 217 g/mol. The Bertz CT molecular complexity index is 547. The molecule has 0 bridgehead atoms. The fourth-order valence-electron chi connectivity index (χ4n) is 1.72. The number of benzene rings is 2. The fraction of sp³-hybridized carbons (Fsp3) is 0.0769. The van der Waals surface area contributed by atoms with E-state index in [0.29, 0.717) is 0 Å². The van der Waals surface area contributed by atoms with Crippen molar-refractivity contribution in [2.24, 2.45) is 9.79 Å². The monoisotopic (exact) mass is 227 g/mol. The van der Waals surface area contributed by atoms with Gasteiger partial charge < -0.3 is 0 Å². The van der Waals surface area contributed by atoms with Crippen molar-refractivity contribution in [2.75, 3.05) is 0 Å². The molecule has 2 nitrogen and oxygen atoms in total. The van der Waals surface area contributed by atoms with Crippen LogP contribution in [0.5, 0.6) is 0 Å². The Balaban J connectivity index is 2.10. The Kier molecular flexibility index (Phi) is 4.40. The SMILES string of the molecule is [B]B=Nc1ccc(Cc2ccc(N=[B])cc2)cc1. The Hall–Kier alpha value is -1.77. The third kappa shape index (κ3) is 3.36. The van der Waals surface area contributed by atoms with Crippen LogP contribution in [-0.2, 0) is 6.42 Å². The van der Waals surface area contributed by atoms with E-state index < -0.39 is 0 Å². The summed E-state index contributed by atoms with van der Waals surface area (Å²) < 4.78 is 0. The predicted molar refractivity (Wildman–Crippen MR) is 77.1 cm³/mol. The summed E-state index contributed by atoms with van der Waals surface area (Å²) in [7, 11) is 10.4. The molecule has 2 rings (SSSR count). The van der Waals surface area contributed by atoms with Crippen molar-refractivity contribution in [3.05, 3.63) is 59.7 Å². The molecule has 0 aliphatic rings. The van der Waals surface area contributed by atoms with Crippen molar-refractivity contribution < 1.29 is 0 Å². The minimum atomic E-state index is 0.784. The molecule has 0 aliphatic heterocycles. The maximum atomic E-state index is 5.24. The van der Waals surface area contributed by atoms with Crippen LogP contribution >= 0.6 is 0 Å². The van der Waals surface area contributed by atoms with Gasteiger partial charge in [0.25, 0.3) is 0 Å². The third-order valence-corrected chi connectivity index (χ3v) is 2.65. The zero-order valence-electron chi connectivity index (χ0n) is 9.95. The summed E-state index contributed by atoms with van der Waals surface area (Å²) in [5.74, 6) is 0. The molecule has 0 atom stereocenters. The first-order valence-electron chi connectivity index (χ1n) is 5.65. The van der Waals surface area contributed by atoms with Crippen molar-refractivity contribution in [1.29, 1.82) is 0 Å². The van der Waals surface area contributed by atoms with Crippen LogP contribution in [-0.4, -0.2) is 22.3 Å². The summed E-state index contributed by atoms with van der Waals surface area (Å²) in [6, 6.07) is 15.8. The van der Waals surface area contributed by atoms with Gasteiger partial charge in [-0.2, -0.15) is 0 Å². The molecule has 0 aromatic heterocycles. The van der Waals surface area contributed by atoms with Gasteiger partial charge in [-0.15, -0.1) is 0 Å². The molecule has 0 fully saturated rings. The first-order chi connectivity index (χ1) is 8.81. The van der Waals surface area contributed by atoms with Crippen LogP contribution in [0, 0.1) is 0 Å². The summed E-state index contributed by atoms with van der Waals surface area (Å²) in [5, 5.41) is 0. The molecule has 0 unspecified atom stereocenters. The topological polar surface area (TPSA) is 24.7 Å². The molecule has 0 spiro atoms. The van der Waals surface area contributed by atoms with Gasteiger partial charge in [-0.05, 0) is 0 Å². The van der Waals surface area contributed by atoms with E-state index in [1.807, 2.05) is 48.5 Å². The molecule has 0 N–H and O–H groups in total. The van der Waals surface area contributed by atoms with E-state index in [-0.39, 0.29) is 0 Å². The van der Waals surface area contributed by atoms with Gasteiger partial charge >= 0.3 is 110 Å². The van der Waals surface area contributed by atoms with E-state index in [4.69, 9.17) is 15.4 Å². The average molecular weight is 227 g/mol. The van der Waals surface area contributed by atoms with E-state index in [2.05, 4.69) is 9.79 Å². The molecule has 3 radical (unpaired) electrons. The van der Waals surface area contributed by atoms with Gasteiger partial charge in [0, 0.05) is 0 Å². The average Bonchev–Trinajstić information content (AvgIpc) is 2.42. The van der Waals surface area contributed by atoms with Crippen molar-refractivity contribution in [3.63, 3.8) is 0 Å². The van der Waals surface area contributed by atoms with E-state index in [1.165, 1.54) is 18.1 Å². The van der Waals surface area contributed by atoms with Gasteiger partial charge in [-0.3, -0.25) is 0 Å². The van der Waals surface area contributed by atoms with Crippen LogP contribution in [0.1, 0.15) is 11.1 Å². The predicted octanol–water partition coefficient (Wildman–Crippen LogP) is 2.86. The first-order valence-corrected chi connectivity index (χ1v) is 5.65. The molecule has 2 aromatic rings. The summed E-state index contributed by atoms with van der Waals surface area (Å²) in [6.07, 6.45) is 0.872. The zero-order chi connectivity index (χ0) is 12.8. The number of hydrogen-bond acceptors (Lipinski definition) is 2. The van der Waals surface area contributed by atoms with E-state index >= 15 is 0 Å². The van der Waals surface area contributed by atoms with Gasteiger partial charge in [0.2, 0.25) is 0 Å². The van der Waals surface area contributed by atoms with E-state index in [9.17, 15) is 0 Å². The van der Waals surface area contributed by atoms with Crippen molar-refractivity contribution in [2.45, 2.75) is 6.42 Å². The summed E-state index contributed by atoms with van der Waals surface area (Å²) in [5.41, 5.74) is 4.09. The maximum absolute atomic E-state index is 5.24. The van der Waals surface area contributed by atoms with Gasteiger partial charge in [0.15, 0.2) is 0 Å². The van der Waals surface area contributed by atoms with Crippen molar-refractivity contribution in [3.8, 4) is 0 Å². The molecule has 81 valence electrons. The van der Waals surface area contributed by atoms with Crippen molar-refractivity contribution >= 4 is 33.7 Å². The molecule has 0 amide bonds. The Labute approximate surface area is 110 Å². The van der Waals surface area contributed by atoms with Gasteiger partial charge in [0.1, 0.15) is 0 Å². The molecule has 0 heterocycles. The number of nitrogens with zero attached hydrogens (tertiary/aromatic N) is 2. The van der Waals surface area contributed by atoms with Crippen LogP contribution < -0.4 is 0 Å². The first kappa shape index (κ1) is 12.7. The van der Waals surface area contributed by atoms with E-state index in [1.54, 1.807) is 0 Å². The van der Waals surface area contributed by atoms with Crippen molar-refractivity contribution in [1.82, 2.24) is 0 Å².